The molecule has 152 valence electrons. The summed E-state index contributed by atoms with van der Waals surface area (Å²) in [5, 5.41) is 19.6. The zero-order valence-electron chi connectivity index (χ0n) is 17.2. The molecule has 0 amide bonds. The van der Waals surface area contributed by atoms with E-state index < -0.39 is 0 Å². The maximum atomic E-state index is 12.9. The van der Waals surface area contributed by atoms with Crippen LogP contribution in [0.5, 0.6) is 17.2 Å². The molecule has 0 fully saturated rings. The van der Waals surface area contributed by atoms with Gasteiger partial charge in [-0.25, -0.2) is 0 Å². The van der Waals surface area contributed by atoms with Crippen molar-refractivity contribution in [2.45, 2.75) is 52.1 Å². The van der Waals surface area contributed by atoms with Crippen molar-refractivity contribution in [1.82, 2.24) is 0 Å². The number of aromatic hydroxyl groups is 2. The highest BCUT2D eigenvalue weighted by molar-refractivity contribution is 6.09. The number of carbonyl (C=O) groups is 1. The van der Waals surface area contributed by atoms with E-state index in [4.69, 9.17) is 4.74 Å². The van der Waals surface area contributed by atoms with Crippen LogP contribution in [0.1, 0.15) is 61.5 Å². The minimum Gasteiger partial charge on any atom is -0.508 e. The standard InChI is InChI=1S/C25H28O4/c1-17(2)5-4-15-25(3)16-14-21-23(28)13-11-20(24(21)29-25)22(27)12-8-18-6-9-19(26)10-7-18/h5-13,26,28H,4,14-16H2,1-3H3/b12-8+. The lowest BCUT2D eigenvalue weighted by Crippen LogP contribution is -2.36. The highest BCUT2D eigenvalue weighted by Crippen LogP contribution is 2.42. The molecular weight excluding hydrogens is 364 g/mol. The minimum absolute atomic E-state index is 0.172. The molecule has 2 N–H and O–H groups in total. The molecule has 0 bridgehead atoms. The van der Waals surface area contributed by atoms with Crippen molar-refractivity contribution in [3.05, 3.63) is 70.8 Å². The van der Waals surface area contributed by atoms with Gasteiger partial charge in [0.15, 0.2) is 5.78 Å². The Morgan fingerprint density at radius 1 is 1.14 bits per heavy atom. The summed E-state index contributed by atoms with van der Waals surface area (Å²) < 4.78 is 6.33. The average Bonchev–Trinajstić information content (AvgIpc) is 2.67. The van der Waals surface area contributed by atoms with Gasteiger partial charge in [-0.15, -0.1) is 0 Å². The summed E-state index contributed by atoms with van der Waals surface area (Å²) >= 11 is 0. The highest BCUT2D eigenvalue weighted by Gasteiger charge is 2.34. The van der Waals surface area contributed by atoms with Crippen LogP contribution in [-0.2, 0) is 6.42 Å². The van der Waals surface area contributed by atoms with Crippen molar-refractivity contribution in [2.24, 2.45) is 0 Å². The van der Waals surface area contributed by atoms with Gasteiger partial charge in [0.05, 0.1) is 5.56 Å². The number of hydrogen-bond acceptors (Lipinski definition) is 4. The Balaban J connectivity index is 1.85. The van der Waals surface area contributed by atoms with Gasteiger partial charge in [-0.3, -0.25) is 4.79 Å². The topological polar surface area (TPSA) is 66.8 Å². The van der Waals surface area contributed by atoms with Crippen molar-refractivity contribution < 1.29 is 19.7 Å². The molecule has 1 atom stereocenters. The lowest BCUT2D eigenvalue weighted by Gasteiger charge is -2.37. The Morgan fingerprint density at radius 3 is 2.55 bits per heavy atom. The van der Waals surface area contributed by atoms with Crippen molar-refractivity contribution in [1.29, 1.82) is 0 Å². The number of hydrogen-bond donors (Lipinski definition) is 2. The van der Waals surface area contributed by atoms with Crippen LogP contribution in [0, 0.1) is 0 Å². The fraction of sp³-hybridized carbons (Fsp3) is 0.320. The zero-order valence-corrected chi connectivity index (χ0v) is 17.2. The second-order valence-corrected chi connectivity index (χ2v) is 8.10. The van der Waals surface area contributed by atoms with Gasteiger partial charge in [-0.2, -0.15) is 0 Å². The lowest BCUT2D eigenvalue weighted by molar-refractivity contribution is 0.0550. The Labute approximate surface area is 172 Å². The molecule has 0 spiro atoms. The highest BCUT2D eigenvalue weighted by atomic mass is 16.5. The SMILES string of the molecule is CC(C)=CCCC1(C)CCc2c(O)ccc(C(=O)/C=C/c3ccc(O)cc3)c2O1. The summed E-state index contributed by atoms with van der Waals surface area (Å²) in [6.45, 7) is 6.22. The van der Waals surface area contributed by atoms with Gasteiger partial charge < -0.3 is 14.9 Å². The predicted octanol–water partition coefficient (Wildman–Crippen LogP) is 5.82. The molecule has 2 aromatic rings. The van der Waals surface area contributed by atoms with Gasteiger partial charge in [-0.05, 0) is 82.4 Å². The molecule has 4 heteroatoms. The van der Waals surface area contributed by atoms with Crippen LogP contribution in [-0.4, -0.2) is 21.6 Å². The molecule has 0 saturated heterocycles. The summed E-state index contributed by atoms with van der Waals surface area (Å²) in [6, 6.07) is 9.82. The molecular formula is C25H28O4. The molecule has 3 rings (SSSR count). The number of carbonyl (C=O) groups excluding carboxylic acids is 1. The van der Waals surface area contributed by atoms with Gasteiger partial charge >= 0.3 is 0 Å². The molecule has 1 aliphatic rings. The van der Waals surface area contributed by atoms with Crippen LogP contribution < -0.4 is 4.74 Å². The van der Waals surface area contributed by atoms with E-state index in [9.17, 15) is 15.0 Å². The van der Waals surface area contributed by atoms with Gasteiger partial charge in [-0.1, -0.05) is 29.9 Å². The van der Waals surface area contributed by atoms with Gasteiger partial charge in [0, 0.05) is 5.56 Å². The van der Waals surface area contributed by atoms with E-state index >= 15 is 0 Å². The predicted molar refractivity (Wildman–Crippen MR) is 116 cm³/mol. The zero-order chi connectivity index (χ0) is 21.0. The molecule has 1 heterocycles. The largest absolute Gasteiger partial charge is 0.508 e. The van der Waals surface area contributed by atoms with E-state index in [0.717, 1.165) is 24.8 Å². The number of allylic oxidation sites excluding steroid dienone is 3. The van der Waals surface area contributed by atoms with Crippen molar-refractivity contribution in [3.63, 3.8) is 0 Å². The first-order valence-electron chi connectivity index (χ1n) is 9.96. The van der Waals surface area contributed by atoms with E-state index in [1.54, 1.807) is 42.5 Å². The molecule has 0 aliphatic carbocycles. The Hall–Kier alpha value is -3.01. The monoisotopic (exact) mass is 392 g/mol. The van der Waals surface area contributed by atoms with E-state index in [-0.39, 0.29) is 22.9 Å². The first kappa shape index (κ1) is 20.7. The molecule has 4 nitrogen and oxygen atoms in total. The number of phenols is 2. The number of benzene rings is 2. The minimum atomic E-state index is -0.373. The second-order valence-electron chi connectivity index (χ2n) is 8.10. The van der Waals surface area contributed by atoms with E-state index in [1.807, 2.05) is 0 Å². The number of rotatable bonds is 6. The molecule has 1 aliphatic heterocycles. The molecule has 2 aromatic carbocycles. The fourth-order valence-electron chi connectivity index (χ4n) is 3.55. The van der Waals surface area contributed by atoms with Gasteiger partial charge in [0.2, 0.25) is 0 Å². The third-order valence-electron chi connectivity index (χ3n) is 5.30. The maximum absolute atomic E-state index is 12.9. The van der Waals surface area contributed by atoms with Crippen LogP contribution in [0.4, 0.5) is 0 Å². The van der Waals surface area contributed by atoms with E-state index in [0.29, 0.717) is 23.3 Å². The van der Waals surface area contributed by atoms with E-state index in [1.165, 1.54) is 11.6 Å². The van der Waals surface area contributed by atoms with Crippen molar-refractivity contribution >= 4 is 11.9 Å². The molecule has 29 heavy (non-hydrogen) atoms. The smallest absolute Gasteiger partial charge is 0.189 e. The summed E-state index contributed by atoms with van der Waals surface area (Å²) in [4.78, 5) is 12.9. The average molecular weight is 392 g/mol. The Bertz CT molecular complexity index is 950. The summed E-state index contributed by atoms with van der Waals surface area (Å²) in [6.07, 6.45) is 8.64. The Kier molecular flexibility index (Phi) is 6.12. The van der Waals surface area contributed by atoms with Crippen LogP contribution in [0.15, 0.2) is 54.1 Å². The van der Waals surface area contributed by atoms with Crippen molar-refractivity contribution in [3.8, 4) is 17.2 Å². The summed E-state index contributed by atoms with van der Waals surface area (Å²) in [7, 11) is 0. The van der Waals surface area contributed by atoms with Crippen LogP contribution in [0.25, 0.3) is 6.08 Å². The number of phenolic OH excluding ortho intramolecular Hbond substituents is 2. The number of fused-ring (bicyclic) bond motifs is 1. The van der Waals surface area contributed by atoms with Crippen LogP contribution in [0.2, 0.25) is 0 Å². The van der Waals surface area contributed by atoms with E-state index in [2.05, 4.69) is 26.8 Å². The number of ketones is 1. The molecule has 1 unspecified atom stereocenters. The normalized spacial score (nSPS) is 18.2. The Morgan fingerprint density at radius 2 is 1.86 bits per heavy atom. The van der Waals surface area contributed by atoms with Crippen molar-refractivity contribution in [2.75, 3.05) is 0 Å². The first-order chi connectivity index (χ1) is 13.8. The fourth-order valence-corrected chi connectivity index (χ4v) is 3.55. The lowest BCUT2D eigenvalue weighted by atomic mass is 9.87. The van der Waals surface area contributed by atoms with Gasteiger partial charge in [0.25, 0.3) is 0 Å². The number of ether oxygens (including phenoxy) is 1. The molecule has 0 saturated carbocycles. The first-order valence-corrected chi connectivity index (χ1v) is 9.96. The maximum Gasteiger partial charge on any atom is 0.189 e. The molecule has 0 aromatic heterocycles. The van der Waals surface area contributed by atoms with Gasteiger partial charge in [0.1, 0.15) is 22.8 Å². The quantitative estimate of drug-likeness (QED) is 0.369. The van der Waals surface area contributed by atoms with Crippen LogP contribution >= 0.6 is 0 Å². The third-order valence-corrected chi connectivity index (χ3v) is 5.30. The second kappa shape index (κ2) is 8.56. The van der Waals surface area contributed by atoms with Crippen LogP contribution in [0.3, 0.4) is 0 Å². The summed E-state index contributed by atoms with van der Waals surface area (Å²) in [5.41, 5.74) is 2.88. The summed E-state index contributed by atoms with van der Waals surface area (Å²) in [5.74, 6) is 0.673. The third kappa shape index (κ3) is 5.08. The molecule has 0 radical (unpaired) electrons.